The zero-order valence-corrected chi connectivity index (χ0v) is 15.6. The van der Waals surface area contributed by atoms with Gasteiger partial charge in [0.15, 0.2) is 15.8 Å². The summed E-state index contributed by atoms with van der Waals surface area (Å²) in [7, 11) is -2.88. The Morgan fingerprint density at radius 2 is 1.92 bits per heavy atom. The van der Waals surface area contributed by atoms with Crippen LogP contribution < -0.4 is 10.6 Å². The molecule has 0 aromatic heterocycles. The van der Waals surface area contributed by atoms with Gasteiger partial charge in [0.25, 0.3) is 0 Å². The van der Waals surface area contributed by atoms with Crippen LogP contribution in [-0.4, -0.2) is 51.7 Å². The molecule has 1 aromatic carbocycles. The first-order chi connectivity index (χ1) is 12.5. The van der Waals surface area contributed by atoms with Gasteiger partial charge in [-0.3, -0.25) is 0 Å². The van der Waals surface area contributed by atoms with E-state index < -0.39 is 9.84 Å². The van der Waals surface area contributed by atoms with E-state index in [1.807, 2.05) is 0 Å². The van der Waals surface area contributed by atoms with Gasteiger partial charge in [-0.1, -0.05) is 12.1 Å². The number of hydrogen-bond acceptors (Lipinski definition) is 4. The van der Waals surface area contributed by atoms with Crippen molar-refractivity contribution in [1.29, 1.82) is 0 Å². The summed E-state index contributed by atoms with van der Waals surface area (Å²) in [6.07, 6.45) is 2.52. The Bertz CT molecular complexity index is 716. The third kappa shape index (κ3) is 5.95. The van der Waals surface area contributed by atoms with Gasteiger partial charge in [0, 0.05) is 25.8 Å². The predicted octanol–water partition coefficient (Wildman–Crippen LogP) is 1.47. The standard InChI is InChI=1S/C18H26FN3O3S/c19-16-3-1-14(2-4-16)11-20-18(22-17-5-8-25-9-6-17)21-12-15-7-10-26(23,24)13-15/h1-4,15,17H,5-13H2,(H2,20,21,22). The molecule has 2 aliphatic rings. The fourth-order valence-corrected chi connectivity index (χ4v) is 5.08. The van der Waals surface area contributed by atoms with Crippen molar-refractivity contribution < 1.29 is 17.5 Å². The van der Waals surface area contributed by atoms with Gasteiger partial charge in [-0.15, -0.1) is 0 Å². The van der Waals surface area contributed by atoms with Crippen LogP contribution in [0.4, 0.5) is 4.39 Å². The van der Waals surface area contributed by atoms with E-state index in [9.17, 15) is 12.8 Å². The molecule has 26 heavy (non-hydrogen) atoms. The Hall–Kier alpha value is -1.67. The fraction of sp³-hybridized carbons (Fsp3) is 0.611. The van der Waals surface area contributed by atoms with E-state index in [4.69, 9.17) is 4.74 Å². The van der Waals surface area contributed by atoms with Crippen molar-refractivity contribution in [2.45, 2.75) is 31.8 Å². The Morgan fingerprint density at radius 3 is 2.58 bits per heavy atom. The molecule has 3 rings (SSSR count). The maximum absolute atomic E-state index is 13.0. The molecule has 2 fully saturated rings. The number of hydrogen-bond donors (Lipinski definition) is 2. The van der Waals surface area contributed by atoms with Gasteiger partial charge in [0.05, 0.1) is 18.1 Å². The molecule has 0 bridgehead atoms. The maximum atomic E-state index is 13.0. The number of guanidine groups is 1. The average Bonchev–Trinajstić information content (AvgIpc) is 2.98. The molecule has 2 aliphatic heterocycles. The summed E-state index contributed by atoms with van der Waals surface area (Å²) in [4.78, 5) is 4.60. The lowest BCUT2D eigenvalue weighted by Gasteiger charge is -2.25. The first-order valence-corrected chi connectivity index (χ1v) is 10.9. The Kier molecular flexibility index (Phi) is 6.48. The van der Waals surface area contributed by atoms with Gasteiger partial charge in [0.1, 0.15) is 5.82 Å². The van der Waals surface area contributed by atoms with Crippen molar-refractivity contribution in [2.24, 2.45) is 10.9 Å². The van der Waals surface area contributed by atoms with Crippen LogP contribution in [0.15, 0.2) is 29.3 Å². The van der Waals surface area contributed by atoms with E-state index in [0.717, 1.165) is 31.6 Å². The SMILES string of the molecule is O=S1(=O)CCC(CNC(=NCc2ccc(F)cc2)NC2CCOCC2)C1. The predicted molar refractivity (Wildman–Crippen MR) is 99.3 cm³/mol. The minimum absolute atomic E-state index is 0.118. The van der Waals surface area contributed by atoms with Crippen LogP contribution in [0.3, 0.4) is 0 Å². The number of sulfone groups is 1. The second-order valence-electron chi connectivity index (χ2n) is 6.97. The molecular formula is C18H26FN3O3S. The summed E-state index contributed by atoms with van der Waals surface area (Å²) in [5, 5.41) is 6.71. The minimum atomic E-state index is -2.88. The summed E-state index contributed by atoms with van der Waals surface area (Å²) in [6.45, 7) is 2.47. The third-order valence-electron chi connectivity index (χ3n) is 4.78. The topological polar surface area (TPSA) is 79.8 Å². The van der Waals surface area contributed by atoms with Gasteiger partial charge in [-0.25, -0.2) is 17.8 Å². The van der Waals surface area contributed by atoms with Crippen molar-refractivity contribution >= 4 is 15.8 Å². The van der Waals surface area contributed by atoms with Gasteiger partial charge in [0.2, 0.25) is 0 Å². The summed E-state index contributed by atoms with van der Waals surface area (Å²) >= 11 is 0. The molecule has 2 heterocycles. The lowest BCUT2D eigenvalue weighted by Crippen LogP contribution is -2.47. The number of nitrogens with zero attached hydrogens (tertiary/aromatic N) is 1. The molecule has 0 saturated carbocycles. The molecule has 1 unspecified atom stereocenters. The highest BCUT2D eigenvalue weighted by atomic mass is 32.2. The highest BCUT2D eigenvalue weighted by Gasteiger charge is 2.28. The van der Waals surface area contributed by atoms with E-state index in [0.29, 0.717) is 25.5 Å². The highest BCUT2D eigenvalue weighted by molar-refractivity contribution is 7.91. The number of rotatable bonds is 5. The summed E-state index contributed by atoms with van der Waals surface area (Å²) in [5.74, 6) is 1.04. The molecule has 0 amide bonds. The molecule has 1 atom stereocenters. The molecule has 2 saturated heterocycles. The zero-order valence-electron chi connectivity index (χ0n) is 14.8. The number of aliphatic imine (C=N–C) groups is 1. The highest BCUT2D eigenvalue weighted by Crippen LogP contribution is 2.17. The van der Waals surface area contributed by atoms with Gasteiger partial charge >= 0.3 is 0 Å². The first kappa shape index (κ1) is 19.1. The van der Waals surface area contributed by atoms with Crippen molar-refractivity contribution in [2.75, 3.05) is 31.3 Å². The van der Waals surface area contributed by atoms with Crippen LogP contribution in [0, 0.1) is 11.7 Å². The maximum Gasteiger partial charge on any atom is 0.191 e. The van der Waals surface area contributed by atoms with Crippen LogP contribution in [0.5, 0.6) is 0 Å². The largest absolute Gasteiger partial charge is 0.381 e. The zero-order chi connectivity index (χ0) is 18.4. The van der Waals surface area contributed by atoms with Gasteiger partial charge in [-0.05, 0) is 42.9 Å². The third-order valence-corrected chi connectivity index (χ3v) is 6.62. The Morgan fingerprint density at radius 1 is 1.19 bits per heavy atom. The van der Waals surface area contributed by atoms with Gasteiger partial charge in [-0.2, -0.15) is 0 Å². The van der Waals surface area contributed by atoms with E-state index in [-0.39, 0.29) is 29.3 Å². The van der Waals surface area contributed by atoms with Crippen molar-refractivity contribution in [3.8, 4) is 0 Å². The quantitative estimate of drug-likeness (QED) is 0.595. The van der Waals surface area contributed by atoms with Crippen LogP contribution in [0.1, 0.15) is 24.8 Å². The monoisotopic (exact) mass is 383 g/mol. The van der Waals surface area contributed by atoms with Crippen LogP contribution in [0.25, 0.3) is 0 Å². The average molecular weight is 383 g/mol. The minimum Gasteiger partial charge on any atom is -0.381 e. The second-order valence-corrected chi connectivity index (χ2v) is 9.20. The van der Waals surface area contributed by atoms with Crippen LogP contribution in [0.2, 0.25) is 0 Å². The summed E-state index contributed by atoms with van der Waals surface area (Å²) in [6, 6.07) is 6.57. The smallest absolute Gasteiger partial charge is 0.191 e. The number of nitrogens with one attached hydrogen (secondary N) is 2. The number of ether oxygens (including phenoxy) is 1. The molecule has 1 aromatic rings. The lowest BCUT2D eigenvalue weighted by molar-refractivity contribution is 0.0822. The summed E-state index contributed by atoms with van der Waals surface area (Å²) in [5.41, 5.74) is 0.919. The van der Waals surface area contributed by atoms with Gasteiger partial charge < -0.3 is 15.4 Å². The molecule has 8 heteroatoms. The number of benzene rings is 1. The van der Waals surface area contributed by atoms with Crippen molar-refractivity contribution in [3.63, 3.8) is 0 Å². The molecular weight excluding hydrogens is 357 g/mol. The lowest BCUT2D eigenvalue weighted by atomic mass is 10.1. The molecule has 2 N–H and O–H groups in total. The van der Waals surface area contributed by atoms with Crippen LogP contribution >= 0.6 is 0 Å². The molecule has 144 valence electrons. The van der Waals surface area contributed by atoms with E-state index in [1.165, 1.54) is 12.1 Å². The normalized spacial score (nSPS) is 23.7. The first-order valence-electron chi connectivity index (χ1n) is 9.08. The molecule has 0 aliphatic carbocycles. The second kappa shape index (κ2) is 8.81. The summed E-state index contributed by atoms with van der Waals surface area (Å²) < 4.78 is 41.7. The Balaban J connectivity index is 1.60. The number of halogens is 1. The molecule has 0 spiro atoms. The fourth-order valence-electron chi connectivity index (χ4n) is 3.22. The van der Waals surface area contributed by atoms with E-state index in [2.05, 4.69) is 15.6 Å². The Labute approximate surface area is 154 Å². The van der Waals surface area contributed by atoms with E-state index in [1.54, 1.807) is 12.1 Å². The molecule has 6 nitrogen and oxygen atoms in total. The van der Waals surface area contributed by atoms with Crippen LogP contribution in [-0.2, 0) is 21.1 Å². The molecule has 0 radical (unpaired) electrons. The van der Waals surface area contributed by atoms with Crippen molar-refractivity contribution in [1.82, 2.24) is 10.6 Å². The van der Waals surface area contributed by atoms with E-state index >= 15 is 0 Å². The van der Waals surface area contributed by atoms with Crippen molar-refractivity contribution in [3.05, 3.63) is 35.6 Å².